The maximum Gasteiger partial charge on any atom is 0.275 e. The van der Waals surface area contributed by atoms with Crippen LogP contribution in [0.25, 0.3) is 0 Å². The van der Waals surface area contributed by atoms with Crippen molar-refractivity contribution in [1.82, 2.24) is 19.7 Å². The van der Waals surface area contributed by atoms with E-state index in [4.69, 9.17) is 13.9 Å². The lowest BCUT2D eigenvalue weighted by Gasteiger charge is -2.31. The molecule has 1 aromatic heterocycles. The molecule has 0 radical (unpaired) electrons. The number of piperazine rings is 1. The van der Waals surface area contributed by atoms with Gasteiger partial charge in [-0.1, -0.05) is 12.1 Å². The van der Waals surface area contributed by atoms with Crippen LogP contribution in [0.2, 0.25) is 0 Å². The molecule has 2 aliphatic rings. The zero-order chi connectivity index (χ0) is 24.4. The first kappa shape index (κ1) is 23.3. The molecule has 8 nitrogen and oxygen atoms in total. The number of rotatable bonds is 7. The standard InChI is InChI=1S/C25H26F2N4O4/c1-29-6-8-31(9-7-29)25(32)21-15-33-24(28-21)14-30(13-18-3-4-19(26)11-20(18)27)12-17-2-5-22-23(10-17)35-16-34-22/h2-5,10-11,15H,6-9,12-14,16H2,1H3. The lowest BCUT2D eigenvalue weighted by molar-refractivity contribution is 0.0658. The number of ether oxygens (including phenoxy) is 2. The molecule has 5 rings (SSSR count). The summed E-state index contributed by atoms with van der Waals surface area (Å²) in [5.74, 6) is 0.231. The van der Waals surface area contributed by atoms with E-state index in [1.54, 1.807) is 4.90 Å². The Morgan fingerprint density at radius 2 is 1.80 bits per heavy atom. The number of benzene rings is 2. The van der Waals surface area contributed by atoms with Crippen LogP contribution in [0.1, 0.15) is 27.5 Å². The molecule has 0 bridgehead atoms. The Bertz CT molecular complexity index is 1210. The van der Waals surface area contributed by atoms with Crippen LogP contribution in [0, 0.1) is 11.6 Å². The summed E-state index contributed by atoms with van der Waals surface area (Å²) in [6.45, 7) is 3.88. The number of carbonyl (C=O) groups excluding carboxylic acids is 1. The summed E-state index contributed by atoms with van der Waals surface area (Å²) in [5, 5.41) is 0. The number of fused-ring (bicyclic) bond motifs is 1. The van der Waals surface area contributed by atoms with Gasteiger partial charge in [-0.25, -0.2) is 13.8 Å². The fourth-order valence-corrected chi connectivity index (χ4v) is 4.20. The first-order valence-corrected chi connectivity index (χ1v) is 11.4. The lowest BCUT2D eigenvalue weighted by atomic mass is 10.1. The first-order chi connectivity index (χ1) is 16.9. The van der Waals surface area contributed by atoms with Crippen LogP contribution in [0.4, 0.5) is 8.78 Å². The second-order valence-electron chi connectivity index (χ2n) is 8.79. The van der Waals surface area contributed by atoms with Crippen molar-refractivity contribution in [1.29, 1.82) is 0 Å². The van der Waals surface area contributed by atoms with Crippen LogP contribution in [0.5, 0.6) is 11.5 Å². The van der Waals surface area contributed by atoms with Crippen molar-refractivity contribution >= 4 is 5.91 Å². The maximum absolute atomic E-state index is 14.4. The van der Waals surface area contributed by atoms with Gasteiger partial charge in [0.2, 0.25) is 12.7 Å². The van der Waals surface area contributed by atoms with Crippen LogP contribution in [-0.4, -0.2) is 65.6 Å². The fourth-order valence-electron chi connectivity index (χ4n) is 4.20. The second kappa shape index (κ2) is 10.0. The van der Waals surface area contributed by atoms with Gasteiger partial charge in [0.1, 0.15) is 17.9 Å². The van der Waals surface area contributed by atoms with Gasteiger partial charge in [-0.15, -0.1) is 0 Å². The predicted octanol–water partition coefficient (Wildman–Crippen LogP) is 3.27. The zero-order valence-corrected chi connectivity index (χ0v) is 19.4. The van der Waals surface area contributed by atoms with Crippen LogP contribution in [0.3, 0.4) is 0 Å². The number of hydrogen-bond donors (Lipinski definition) is 0. The third-order valence-corrected chi connectivity index (χ3v) is 6.17. The summed E-state index contributed by atoms with van der Waals surface area (Å²) >= 11 is 0. The number of hydrogen-bond acceptors (Lipinski definition) is 7. The molecule has 3 aromatic rings. The van der Waals surface area contributed by atoms with Gasteiger partial charge < -0.3 is 23.7 Å². The van der Waals surface area contributed by atoms with Gasteiger partial charge in [0.15, 0.2) is 17.2 Å². The van der Waals surface area contributed by atoms with E-state index in [1.165, 1.54) is 18.4 Å². The SMILES string of the molecule is CN1CCN(C(=O)c2coc(CN(Cc3ccc4c(c3)OCO4)Cc3ccc(F)cc3F)n2)CC1. The number of nitrogens with zero attached hydrogens (tertiary/aromatic N) is 4. The number of oxazole rings is 1. The summed E-state index contributed by atoms with van der Waals surface area (Å²) in [4.78, 5) is 23.1. The highest BCUT2D eigenvalue weighted by atomic mass is 19.1. The van der Waals surface area contributed by atoms with Crippen molar-refractivity contribution in [3.8, 4) is 11.5 Å². The number of halogens is 2. The van der Waals surface area contributed by atoms with E-state index in [9.17, 15) is 13.6 Å². The Morgan fingerprint density at radius 1 is 1.00 bits per heavy atom. The van der Waals surface area contributed by atoms with Crippen LogP contribution < -0.4 is 9.47 Å². The molecule has 10 heteroatoms. The average molecular weight is 485 g/mol. The molecule has 0 aliphatic carbocycles. The van der Waals surface area contributed by atoms with Crippen molar-refractivity contribution in [3.05, 3.63) is 77.0 Å². The molecule has 1 amide bonds. The molecule has 1 fully saturated rings. The molecule has 0 spiro atoms. The molecule has 35 heavy (non-hydrogen) atoms. The molecule has 3 heterocycles. The highest BCUT2D eigenvalue weighted by Crippen LogP contribution is 2.33. The number of likely N-dealkylation sites (N-methyl/N-ethyl adjacent to an activating group) is 1. The number of carbonyl (C=O) groups is 1. The zero-order valence-electron chi connectivity index (χ0n) is 19.4. The van der Waals surface area contributed by atoms with Gasteiger partial charge in [-0.05, 0) is 30.8 Å². The molecule has 2 aromatic carbocycles. The Labute approximate surface area is 201 Å². The van der Waals surface area contributed by atoms with E-state index >= 15 is 0 Å². The Kier molecular flexibility index (Phi) is 6.65. The van der Waals surface area contributed by atoms with Crippen molar-refractivity contribution in [2.45, 2.75) is 19.6 Å². The summed E-state index contributed by atoms with van der Waals surface area (Å²) in [6, 6.07) is 9.12. The summed E-state index contributed by atoms with van der Waals surface area (Å²) in [6.07, 6.45) is 1.37. The summed E-state index contributed by atoms with van der Waals surface area (Å²) < 4.78 is 44.3. The van der Waals surface area contributed by atoms with E-state index in [2.05, 4.69) is 9.88 Å². The third-order valence-electron chi connectivity index (χ3n) is 6.17. The van der Waals surface area contributed by atoms with E-state index in [-0.39, 0.29) is 31.5 Å². The van der Waals surface area contributed by atoms with Crippen LogP contribution in [-0.2, 0) is 19.6 Å². The quantitative estimate of drug-likeness (QED) is 0.510. The molecule has 0 atom stereocenters. The van der Waals surface area contributed by atoms with Crippen LogP contribution >= 0.6 is 0 Å². The van der Waals surface area contributed by atoms with E-state index in [0.717, 1.165) is 24.7 Å². The van der Waals surface area contributed by atoms with Gasteiger partial charge in [-0.2, -0.15) is 0 Å². The maximum atomic E-state index is 14.4. The smallest absolute Gasteiger partial charge is 0.275 e. The van der Waals surface area contributed by atoms with Gasteiger partial charge >= 0.3 is 0 Å². The monoisotopic (exact) mass is 484 g/mol. The van der Waals surface area contributed by atoms with Gasteiger partial charge in [0, 0.05) is 50.9 Å². The van der Waals surface area contributed by atoms with Gasteiger partial charge in [-0.3, -0.25) is 9.69 Å². The van der Waals surface area contributed by atoms with E-state index < -0.39 is 11.6 Å². The fraction of sp³-hybridized carbons (Fsp3) is 0.360. The molecular weight excluding hydrogens is 458 g/mol. The summed E-state index contributed by atoms with van der Waals surface area (Å²) in [5.41, 5.74) is 1.50. The normalized spacial score (nSPS) is 15.7. The van der Waals surface area contributed by atoms with Crippen molar-refractivity contribution in [2.24, 2.45) is 0 Å². The minimum atomic E-state index is -0.631. The first-order valence-electron chi connectivity index (χ1n) is 11.4. The largest absolute Gasteiger partial charge is 0.454 e. The van der Waals surface area contributed by atoms with Crippen molar-refractivity contribution in [2.75, 3.05) is 40.0 Å². The molecular formula is C25H26F2N4O4. The number of aromatic nitrogens is 1. The number of amides is 1. The second-order valence-corrected chi connectivity index (χ2v) is 8.79. The van der Waals surface area contributed by atoms with E-state index in [0.29, 0.717) is 42.6 Å². The lowest BCUT2D eigenvalue weighted by Crippen LogP contribution is -2.47. The van der Waals surface area contributed by atoms with E-state index in [1.807, 2.05) is 30.1 Å². The molecule has 0 N–H and O–H groups in total. The van der Waals surface area contributed by atoms with Crippen molar-refractivity contribution < 1.29 is 27.5 Å². The van der Waals surface area contributed by atoms with Crippen LogP contribution in [0.15, 0.2) is 47.1 Å². The highest BCUT2D eigenvalue weighted by Gasteiger charge is 2.24. The summed E-state index contributed by atoms with van der Waals surface area (Å²) in [7, 11) is 2.02. The Hall–Kier alpha value is -3.50. The molecule has 2 aliphatic heterocycles. The molecule has 0 unspecified atom stereocenters. The molecule has 1 saturated heterocycles. The topological polar surface area (TPSA) is 71.3 Å². The molecule has 184 valence electrons. The Morgan fingerprint density at radius 3 is 2.60 bits per heavy atom. The minimum absolute atomic E-state index is 0.167. The Balaban J connectivity index is 1.33. The van der Waals surface area contributed by atoms with Crippen molar-refractivity contribution in [3.63, 3.8) is 0 Å². The minimum Gasteiger partial charge on any atom is -0.454 e. The van der Waals surface area contributed by atoms with Gasteiger partial charge in [0.05, 0.1) is 6.54 Å². The molecule has 0 saturated carbocycles. The highest BCUT2D eigenvalue weighted by molar-refractivity contribution is 5.92. The predicted molar refractivity (Wildman–Crippen MR) is 122 cm³/mol. The third kappa shape index (κ3) is 5.44. The van der Waals surface area contributed by atoms with Gasteiger partial charge in [0.25, 0.3) is 5.91 Å². The average Bonchev–Trinajstić information content (AvgIpc) is 3.50.